The molecule has 1 N–H and O–H groups in total. The maximum atomic E-state index is 12.2. The fourth-order valence-corrected chi connectivity index (χ4v) is 3.06. The highest BCUT2D eigenvalue weighted by atomic mass is 35.5. The van der Waals surface area contributed by atoms with Gasteiger partial charge >= 0.3 is 0 Å². The van der Waals surface area contributed by atoms with Gasteiger partial charge in [-0.05, 0) is 43.1 Å². The van der Waals surface area contributed by atoms with Crippen molar-refractivity contribution >= 4 is 46.6 Å². The number of carbonyl (C=O) groups excluding carboxylic acids is 1. The van der Waals surface area contributed by atoms with Crippen LogP contribution in [0.15, 0.2) is 47.4 Å². The van der Waals surface area contributed by atoms with Crippen LogP contribution in [0.3, 0.4) is 0 Å². The third-order valence-corrected chi connectivity index (χ3v) is 4.77. The van der Waals surface area contributed by atoms with Gasteiger partial charge in [-0.1, -0.05) is 41.4 Å². The minimum Gasteiger partial charge on any atom is -0.324 e. The number of nitrogens with one attached hydrogen (secondary N) is 1. The molecule has 23 heavy (non-hydrogen) atoms. The molecule has 0 aliphatic carbocycles. The SMILES string of the molecule is CSc1ccccc1NC(=O)CN(C)Cc1ccc(Cl)c(Cl)c1. The van der Waals surface area contributed by atoms with Crippen molar-refractivity contribution in [3.63, 3.8) is 0 Å². The lowest BCUT2D eigenvalue weighted by molar-refractivity contribution is -0.117. The van der Waals surface area contributed by atoms with E-state index < -0.39 is 0 Å². The zero-order valence-corrected chi connectivity index (χ0v) is 15.3. The van der Waals surface area contributed by atoms with Gasteiger partial charge < -0.3 is 5.32 Å². The van der Waals surface area contributed by atoms with E-state index in [2.05, 4.69) is 5.32 Å². The van der Waals surface area contributed by atoms with Crippen LogP contribution in [0.1, 0.15) is 5.56 Å². The lowest BCUT2D eigenvalue weighted by Gasteiger charge is -2.17. The molecule has 0 heterocycles. The summed E-state index contributed by atoms with van der Waals surface area (Å²) in [5.41, 5.74) is 1.85. The molecule has 0 aliphatic heterocycles. The molecule has 0 atom stereocenters. The molecule has 0 aliphatic rings. The van der Waals surface area contributed by atoms with Crippen molar-refractivity contribution in [2.45, 2.75) is 11.4 Å². The monoisotopic (exact) mass is 368 g/mol. The Labute approximate surface area is 151 Å². The number of anilines is 1. The van der Waals surface area contributed by atoms with E-state index in [4.69, 9.17) is 23.2 Å². The average molecular weight is 369 g/mol. The summed E-state index contributed by atoms with van der Waals surface area (Å²) in [7, 11) is 1.89. The summed E-state index contributed by atoms with van der Waals surface area (Å²) >= 11 is 13.5. The van der Waals surface area contributed by atoms with Gasteiger partial charge in [-0.25, -0.2) is 0 Å². The summed E-state index contributed by atoms with van der Waals surface area (Å²) in [6.07, 6.45) is 1.99. The van der Waals surface area contributed by atoms with E-state index in [1.54, 1.807) is 17.8 Å². The molecule has 0 aromatic heterocycles. The molecule has 3 nitrogen and oxygen atoms in total. The van der Waals surface area contributed by atoms with Crippen molar-refractivity contribution in [2.24, 2.45) is 0 Å². The predicted molar refractivity (Wildman–Crippen MR) is 99.6 cm³/mol. The molecular formula is C17H18Cl2N2OS. The third-order valence-electron chi connectivity index (χ3n) is 3.23. The Balaban J connectivity index is 1.93. The molecule has 0 spiro atoms. The molecule has 6 heteroatoms. The summed E-state index contributed by atoms with van der Waals surface area (Å²) in [6.45, 7) is 0.914. The van der Waals surface area contributed by atoms with Crippen LogP contribution in [0.4, 0.5) is 5.69 Å². The number of para-hydroxylation sites is 1. The van der Waals surface area contributed by atoms with E-state index in [0.29, 0.717) is 23.1 Å². The Hall–Kier alpha value is -1.20. The average Bonchev–Trinajstić information content (AvgIpc) is 2.51. The van der Waals surface area contributed by atoms with Gasteiger partial charge in [0.1, 0.15) is 0 Å². The van der Waals surface area contributed by atoms with Gasteiger partial charge in [-0.2, -0.15) is 0 Å². The molecule has 122 valence electrons. The number of nitrogens with zero attached hydrogens (tertiary/aromatic N) is 1. The lowest BCUT2D eigenvalue weighted by atomic mass is 10.2. The van der Waals surface area contributed by atoms with E-state index in [1.165, 1.54) is 0 Å². The fourth-order valence-electron chi connectivity index (χ4n) is 2.19. The number of benzene rings is 2. The molecule has 0 unspecified atom stereocenters. The lowest BCUT2D eigenvalue weighted by Crippen LogP contribution is -2.30. The first-order valence-corrected chi connectivity index (χ1v) is 9.03. The summed E-state index contributed by atoms with van der Waals surface area (Å²) in [6, 6.07) is 13.3. The van der Waals surface area contributed by atoms with E-state index in [1.807, 2.05) is 54.6 Å². The number of rotatable bonds is 6. The normalized spacial score (nSPS) is 10.8. The Morgan fingerprint density at radius 3 is 2.61 bits per heavy atom. The Morgan fingerprint density at radius 2 is 1.91 bits per heavy atom. The molecule has 0 fully saturated rings. The number of hydrogen-bond donors (Lipinski definition) is 1. The second kappa shape index (κ2) is 8.60. The van der Waals surface area contributed by atoms with E-state index in [9.17, 15) is 4.79 Å². The minimum atomic E-state index is -0.0472. The van der Waals surface area contributed by atoms with Crippen LogP contribution in [0, 0.1) is 0 Å². The fraction of sp³-hybridized carbons (Fsp3) is 0.235. The number of carbonyl (C=O) groups is 1. The van der Waals surface area contributed by atoms with E-state index >= 15 is 0 Å². The van der Waals surface area contributed by atoms with E-state index in [0.717, 1.165) is 16.1 Å². The Morgan fingerprint density at radius 1 is 1.17 bits per heavy atom. The third kappa shape index (κ3) is 5.43. The van der Waals surface area contributed by atoms with Gasteiger partial charge in [0.15, 0.2) is 0 Å². The quantitative estimate of drug-likeness (QED) is 0.744. The molecule has 2 aromatic rings. The van der Waals surface area contributed by atoms with Gasteiger partial charge in [0, 0.05) is 11.4 Å². The van der Waals surface area contributed by atoms with Crippen LogP contribution in [-0.4, -0.2) is 30.7 Å². The summed E-state index contributed by atoms with van der Waals surface area (Å²) in [5, 5.41) is 4.01. The van der Waals surface area contributed by atoms with Crippen molar-refractivity contribution in [1.29, 1.82) is 0 Å². The van der Waals surface area contributed by atoms with Crippen molar-refractivity contribution in [3.8, 4) is 0 Å². The number of amides is 1. The molecule has 0 radical (unpaired) electrons. The zero-order chi connectivity index (χ0) is 16.8. The molecule has 2 rings (SSSR count). The van der Waals surface area contributed by atoms with Crippen molar-refractivity contribution < 1.29 is 4.79 Å². The topological polar surface area (TPSA) is 32.3 Å². The standard InChI is InChI=1S/C17H18Cl2N2OS/c1-21(10-12-7-8-13(18)14(19)9-12)11-17(22)20-15-5-3-4-6-16(15)23-2/h3-9H,10-11H2,1-2H3,(H,20,22). The molecule has 2 aromatic carbocycles. The Bertz CT molecular complexity index is 694. The smallest absolute Gasteiger partial charge is 0.238 e. The number of likely N-dealkylation sites (N-methyl/N-ethyl adjacent to an activating group) is 1. The van der Waals surface area contributed by atoms with Gasteiger partial charge in [0.2, 0.25) is 5.91 Å². The molecule has 0 saturated heterocycles. The maximum Gasteiger partial charge on any atom is 0.238 e. The van der Waals surface area contributed by atoms with Gasteiger partial charge in [0.25, 0.3) is 0 Å². The molecule has 0 bridgehead atoms. The number of hydrogen-bond acceptors (Lipinski definition) is 3. The largest absolute Gasteiger partial charge is 0.324 e. The second-order valence-corrected chi connectivity index (χ2v) is 6.83. The summed E-state index contributed by atoms with van der Waals surface area (Å²) in [5.74, 6) is -0.0472. The van der Waals surface area contributed by atoms with Crippen molar-refractivity contribution in [3.05, 3.63) is 58.1 Å². The van der Waals surface area contributed by atoms with Crippen molar-refractivity contribution in [2.75, 3.05) is 25.2 Å². The first kappa shape index (κ1) is 18.1. The molecule has 0 saturated carbocycles. The second-order valence-electron chi connectivity index (χ2n) is 5.17. The van der Waals surface area contributed by atoms with Crippen LogP contribution >= 0.6 is 35.0 Å². The molecular weight excluding hydrogens is 351 g/mol. The van der Waals surface area contributed by atoms with Crippen LogP contribution in [-0.2, 0) is 11.3 Å². The van der Waals surface area contributed by atoms with Crippen LogP contribution < -0.4 is 5.32 Å². The van der Waals surface area contributed by atoms with Crippen LogP contribution in [0.2, 0.25) is 10.0 Å². The number of halogens is 2. The Kier molecular flexibility index (Phi) is 6.78. The number of thioether (sulfide) groups is 1. The van der Waals surface area contributed by atoms with Gasteiger partial charge in [-0.15, -0.1) is 11.8 Å². The first-order chi connectivity index (χ1) is 11.0. The van der Waals surface area contributed by atoms with Crippen molar-refractivity contribution in [1.82, 2.24) is 4.90 Å². The van der Waals surface area contributed by atoms with Crippen LogP contribution in [0.5, 0.6) is 0 Å². The van der Waals surface area contributed by atoms with E-state index in [-0.39, 0.29) is 5.91 Å². The highest BCUT2D eigenvalue weighted by Crippen LogP contribution is 2.25. The maximum absolute atomic E-state index is 12.2. The highest BCUT2D eigenvalue weighted by molar-refractivity contribution is 7.98. The van der Waals surface area contributed by atoms with Crippen LogP contribution in [0.25, 0.3) is 0 Å². The zero-order valence-electron chi connectivity index (χ0n) is 13.0. The van der Waals surface area contributed by atoms with Gasteiger partial charge in [-0.3, -0.25) is 9.69 Å². The highest BCUT2D eigenvalue weighted by Gasteiger charge is 2.10. The van der Waals surface area contributed by atoms with Gasteiger partial charge in [0.05, 0.1) is 22.3 Å². The summed E-state index contributed by atoms with van der Waals surface area (Å²) < 4.78 is 0. The minimum absolute atomic E-state index is 0.0472. The first-order valence-electron chi connectivity index (χ1n) is 7.05. The predicted octanol–water partition coefficient (Wildman–Crippen LogP) is 4.79. The molecule has 1 amide bonds. The summed E-state index contributed by atoms with van der Waals surface area (Å²) in [4.78, 5) is 15.2.